The van der Waals surface area contributed by atoms with E-state index in [2.05, 4.69) is 47.2 Å². The second-order valence-corrected chi connectivity index (χ2v) is 6.82. The lowest BCUT2D eigenvalue weighted by Crippen LogP contribution is -2.38. The van der Waals surface area contributed by atoms with Gasteiger partial charge in [0.2, 0.25) is 0 Å². The molecule has 1 saturated carbocycles. The Morgan fingerprint density at radius 3 is 2.67 bits per heavy atom. The fourth-order valence-electron chi connectivity index (χ4n) is 3.22. The molecule has 5 heteroatoms. The first-order valence-corrected chi connectivity index (χ1v) is 8.87. The van der Waals surface area contributed by atoms with Gasteiger partial charge in [-0.3, -0.25) is 4.68 Å². The maximum atomic E-state index is 5.66. The third-order valence-electron chi connectivity index (χ3n) is 4.56. The van der Waals surface area contributed by atoms with E-state index in [1.54, 1.807) is 0 Å². The van der Waals surface area contributed by atoms with Gasteiger partial charge in [0, 0.05) is 26.1 Å². The van der Waals surface area contributed by atoms with E-state index < -0.39 is 0 Å². The molecule has 1 unspecified atom stereocenters. The first kappa shape index (κ1) is 17.0. The standard InChI is InChI=1S/C16H28BrN3O/c1-5-14-16(17)15(20(4)19-14)10-12(18-3)7-11-8-13(9-11)21-6-2/h11-13,18H,5-10H2,1-4H3. The van der Waals surface area contributed by atoms with Gasteiger partial charge >= 0.3 is 0 Å². The van der Waals surface area contributed by atoms with E-state index >= 15 is 0 Å². The minimum Gasteiger partial charge on any atom is -0.378 e. The van der Waals surface area contributed by atoms with Crippen molar-refractivity contribution in [3.8, 4) is 0 Å². The van der Waals surface area contributed by atoms with Crippen LogP contribution < -0.4 is 5.32 Å². The second-order valence-electron chi connectivity index (χ2n) is 6.02. The molecule has 0 saturated heterocycles. The average Bonchev–Trinajstić information content (AvgIpc) is 2.70. The van der Waals surface area contributed by atoms with Crippen LogP contribution in [-0.2, 0) is 24.6 Å². The number of halogens is 1. The first-order chi connectivity index (χ1) is 10.1. The molecule has 0 bridgehead atoms. The van der Waals surface area contributed by atoms with Crippen molar-refractivity contribution in [2.45, 2.75) is 58.1 Å². The zero-order valence-electron chi connectivity index (χ0n) is 13.7. The summed E-state index contributed by atoms with van der Waals surface area (Å²) in [5, 5.41) is 8.06. The predicted molar refractivity (Wildman–Crippen MR) is 89.6 cm³/mol. The van der Waals surface area contributed by atoms with Crippen LogP contribution in [0.5, 0.6) is 0 Å². The van der Waals surface area contributed by atoms with E-state index in [0.29, 0.717) is 12.1 Å². The van der Waals surface area contributed by atoms with Gasteiger partial charge in [-0.25, -0.2) is 0 Å². The number of aromatic nitrogens is 2. The molecule has 0 amide bonds. The summed E-state index contributed by atoms with van der Waals surface area (Å²) in [6.07, 6.45) is 6.16. The van der Waals surface area contributed by atoms with Crippen LogP contribution in [0.15, 0.2) is 4.47 Å². The Hall–Kier alpha value is -0.390. The van der Waals surface area contributed by atoms with Gasteiger partial charge in [0.15, 0.2) is 0 Å². The highest BCUT2D eigenvalue weighted by Crippen LogP contribution is 2.34. The van der Waals surface area contributed by atoms with Crippen molar-refractivity contribution < 1.29 is 4.74 Å². The number of hydrogen-bond acceptors (Lipinski definition) is 3. The van der Waals surface area contributed by atoms with Crippen molar-refractivity contribution in [3.63, 3.8) is 0 Å². The molecule has 1 atom stereocenters. The largest absolute Gasteiger partial charge is 0.378 e. The smallest absolute Gasteiger partial charge is 0.0766 e. The van der Waals surface area contributed by atoms with Gasteiger partial charge in [-0.05, 0) is 61.5 Å². The highest BCUT2D eigenvalue weighted by molar-refractivity contribution is 9.10. The summed E-state index contributed by atoms with van der Waals surface area (Å²) in [7, 11) is 4.11. The summed E-state index contributed by atoms with van der Waals surface area (Å²) in [4.78, 5) is 0. The van der Waals surface area contributed by atoms with Gasteiger partial charge in [0.25, 0.3) is 0 Å². The van der Waals surface area contributed by atoms with Crippen LogP contribution in [-0.4, -0.2) is 35.6 Å². The van der Waals surface area contributed by atoms with Crippen molar-refractivity contribution in [1.82, 2.24) is 15.1 Å². The van der Waals surface area contributed by atoms with Crippen molar-refractivity contribution in [3.05, 3.63) is 15.9 Å². The van der Waals surface area contributed by atoms with Crippen molar-refractivity contribution >= 4 is 15.9 Å². The summed E-state index contributed by atoms with van der Waals surface area (Å²) in [6.45, 7) is 5.07. The van der Waals surface area contributed by atoms with E-state index in [4.69, 9.17) is 4.74 Å². The molecule has 1 aromatic heterocycles. The molecular formula is C16H28BrN3O. The molecule has 1 aliphatic carbocycles. The van der Waals surface area contributed by atoms with Crippen LogP contribution in [0.4, 0.5) is 0 Å². The lowest BCUT2D eigenvalue weighted by molar-refractivity contribution is -0.0288. The number of rotatable bonds is 8. The van der Waals surface area contributed by atoms with E-state index in [0.717, 1.165) is 31.1 Å². The van der Waals surface area contributed by atoms with Gasteiger partial charge in [-0.2, -0.15) is 5.10 Å². The highest BCUT2D eigenvalue weighted by atomic mass is 79.9. The molecule has 1 heterocycles. The summed E-state index contributed by atoms with van der Waals surface area (Å²) in [5.74, 6) is 0.802. The van der Waals surface area contributed by atoms with E-state index in [1.807, 2.05) is 11.7 Å². The van der Waals surface area contributed by atoms with Gasteiger partial charge < -0.3 is 10.1 Å². The number of likely N-dealkylation sites (N-methyl/N-ethyl adjacent to an activating group) is 1. The Bertz CT molecular complexity index is 455. The van der Waals surface area contributed by atoms with E-state index in [1.165, 1.54) is 29.4 Å². The van der Waals surface area contributed by atoms with Crippen LogP contribution >= 0.6 is 15.9 Å². The summed E-state index contributed by atoms with van der Waals surface area (Å²) in [5.41, 5.74) is 2.45. The number of ether oxygens (including phenoxy) is 1. The SMILES string of the molecule is CCOC1CC(CC(Cc2c(Br)c(CC)nn2C)NC)C1. The number of nitrogens with one attached hydrogen (secondary N) is 1. The topological polar surface area (TPSA) is 39.1 Å². The second kappa shape index (κ2) is 7.75. The lowest BCUT2D eigenvalue weighted by atomic mass is 9.77. The van der Waals surface area contributed by atoms with E-state index in [-0.39, 0.29) is 0 Å². The quantitative estimate of drug-likeness (QED) is 0.776. The minimum absolute atomic E-state index is 0.507. The zero-order chi connectivity index (χ0) is 15.4. The van der Waals surface area contributed by atoms with Crippen molar-refractivity contribution in [1.29, 1.82) is 0 Å². The molecule has 4 nitrogen and oxygen atoms in total. The molecular weight excluding hydrogens is 330 g/mol. The Morgan fingerprint density at radius 2 is 2.14 bits per heavy atom. The number of aryl methyl sites for hydroxylation is 2. The zero-order valence-corrected chi connectivity index (χ0v) is 15.2. The molecule has 120 valence electrons. The van der Waals surface area contributed by atoms with Crippen LogP contribution in [0.1, 0.15) is 44.5 Å². The fourth-order valence-corrected chi connectivity index (χ4v) is 4.00. The van der Waals surface area contributed by atoms with Crippen molar-refractivity contribution in [2.24, 2.45) is 13.0 Å². The Balaban J connectivity index is 1.90. The Kier molecular flexibility index (Phi) is 6.26. The normalized spacial score (nSPS) is 23.1. The summed E-state index contributed by atoms with van der Waals surface area (Å²) in [6, 6.07) is 0.508. The summed E-state index contributed by atoms with van der Waals surface area (Å²) >= 11 is 3.72. The van der Waals surface area contributed by atoms with Gasteiger partial charge in [-0.1, -0.05) is 6.92 Å². The van der Waals surface area contributed by atoms with Gasteiger partial charge in [-0.15, -0.1) is 0 Å². The van der Waals surface area contributed by atoms with Crippen molar-refractivity contribution in [2.75, 3.05) is 13.7 Å². The molecule has 1 aromatic rings. The lowest BCUT2D eigenvalue weighted by Gasteiger charge is -2.37. The Morgan fingerprint density at radius 1 is 1.43 bits per heavy atom. The average molecular weight is 358 g/mol. The minimum atomic E-state index is 0.507. The monoisotopic (exact) mass is 357 g/mol. The first-order valence-electron chi connectivity index (χ1n) is 8.08. The highest BCUT2D eigenvalue weighted by Gasteiger charge is 2.31. The van der Waals surface area contributed by atoms with Crippen LogP contribution in [0.2, 0.25) is 0 Å². The number of hydrogen-bond donors (Lipinski definition) is 1. The molecule has 0 spiro atoms. The van der Waals surface area contributed by atoms with E-state index in [9.17, 15) is 0 Å². The molecule has 1 aliphatic rings. The van der Waals surface area contributed by atoms with Crippen LogP contribution in [0.3, 0.4) is 0 Å². The molecule has 1 fully saturated rings. The predicted octanol–water partition coefficient (Wildman–Crippen LogP) is 3.08. The molecule has 0 aromatic carbocycles. The van der Waals surface area contributed by atoms with Gasteiger partial charge in [0.05, 0.1) is 22.0 Å². The summed E-state index contributed by atoms with van der Waals surface area (Å²) < 4.78 is 8.87. The fraction of sp³-hybridized carbons (Fsp3) is 0.812. The Labute approximate surface area is 136 Å². The maximum Gasteiger partial charge on any atom is 0.0766 e. The molecule has 2 rings (SSSR count). The van der Waals surface area contributed by atoms with Crippen LogP contribution in [0.25, 0.3) is 0 Å². The molecule has 21 heavy (non-hydrogen) atoms. The third kappa shape index (κ3) is 4.08. The maximum absolute atomic E-state index is 5.66. The third-order valence-corrected chi connectivity index (χ3v) is 5.48. The van der Waals surface area contributed by atoms with Crippen LogP contribution in [0, 0.1) is 5.92 Å². The molecule has 0 aliphatic heterocycles. The number of nitrogens with zero attached hydrogens (tertiary/aromatic N) is 2. The molecule has 1 N–H and O–H groups in total. The van der Waals surface area contributed by atoms with Gasteiger partial charge in [0.1, 0.15) is 0 Å². The molecule has 0 radical (unpaired) electrons.